The molecule has 3 aliphatic rings. The van der Waals surface area contributed by atoms with E-state index in [9.17, 15) is 38.7 Å². The number of aliphatic hydroxyl groups is 1. The van der Waals surface area contributed by atoms with Crippen molar-refractivity contribution in [3.8, 4) is 11.4 Å². The highest BCUT2D eigenvalue weighted by Gasteiger charge is 2.44. The Bertz CT molecular complexity index is 2530. The van der Waals surface area contributed by atoms with Crippen molar-refractivity contribution >= 4 is 46.2 Å². The van der Waals surface area contributed by atoms with Crippen LogP contribution in [0.2, 0.25) is 0 Å². The molecule has 1 aliphatic heterocycles. The van der Waals surface area contributed by atoms with Crippen LogP contribution in [0.1, 0.15) is 71.2 Å². The van der Waals surface area contributed by atoms with Gasteiger partial charge in [-0.2, -0.15) is 0 Å². The summed E-state index contributed by atoms with van der Waals surface area (Å²) in [6.45, 7) is 1.52. The Morgan fingerprint density at radius 1 is 0.967 bits per heavy atom. The van der Waals surface area contributed by atoms with E-state index in [1.807, 2.05) is 0 Å². The quantitative estimate of drug-likeness (QED) is 0.0550. The fourth-order valence-electron chi connectivity index (χ4n) is 8.50. The fraction of sp³-hybridized carbons (Fsp3) is 0.395. The van der Waals surface area contributed by atoms with Crippen LogP contribution in [0.3, 0.4) is 0 Å². The van der Waals surface area contributed by atoms with Crippen LogP contribution in [0.5, 0.6) is 0 Å². The van der Waals surface area contributed by atoms with Gasteiger partial charge >= 0.3 is 0 Å². The third kappa shape index (κ3) is 8.51. The molecule has 0 unspecified atom stereocenters. The average molecular weight is 839 g/mol. The van der Waals surface area contributed by atoms with Gasteiger partial charge in [0, 0.05) is 41.0 Å². The summed E-state index contributed by atoms with van der Waals surface area (Å²) in [5.74, 6) is -3.75. The molecule has 7 rings (SSSR count). The molecular formula is C43H47FN8O9. The molecule has 0 saturated carbocycles. The number of carbonyl (C=O) groups is 6. The smallest absolute Gasteiger partial charge is 0.254 e. The highest BCUT2D eigenvalue weighted by atomic mass is 19.1. The molecule has 0 bridgehead atoms. The molecule has 3 atom stereocenters. The van der Waals surface area contributed by atoms with Crippen molar-refractivity contribution in [3.05, 3.63) is 97.6 Å². The Hall–Kier alpha value is -6.37. The van der Waals surface area contributed by atoms with Gasteiger partial charge in [0.25, 0.3) is 5.56 Å². The van der Waals surface area contributed by atoms with Crippen LogP contribution >= 0.6 is 0 Å². The van der Waals surface area contributed by atoms with Gasteiger partial charge < -0.3 is 46.7 Å². The lowest BCUT2D eigenvalue weighted by molar-refractivity contribution is -0.140. The van der Waals surface area contributed by atoms with Crippen molar-refractivity contribution in [1.82, 2.24) is 36.1 Å². The number of Topliss-reactive ketones (excluding diaryl/α,β-unsaturated/α-hetero) is 1. The molecule has 8 N–H and O–H groups in total. The van der Waals surface area contributed by atoms with Crippen molar-refractivity contribution in [2.45, 2.75) is 76.6 Å². The minimum absolute atomic E-state index is 0.0431. The summed E-state index contributed by atoms with van der Waals surface area (Å²) < 4.78 is 22.3. The lowest BCUT2D eigenvalue weighted by atomic mass is 9.77. The predicted molar refractivity (Wildman–Crippen MR) is 218 cm³/mol. The molecule has 2 aromatic carbocycles. The minimum Gasteiger partial charge on any atom is -0.377 e. The topological polar surface area (TPSA) is 253 Å². The van der Waals surface area contributed by atoms with Gasteiger partial charge in [-0.25, -0.2) is 9.37 Å². The number of nitrogens with two attached hydrogens (primary N) is 1. The standard InChI is InChI=1S/C43H47FN8O9/c1-3-43(60)27-14-32-40-26(19-52(32)42(59)25(27)10-12-33(43)53)39-29(11-9-24-22(2)28(44)15-30(51-40)38(24)39)49-37(57)20-61-21-48-35(55)17-47-41(58)31(13-23-7-5-4-6-8-23)50-36(56)18-46-34(54)16-45/h4-8,14-15,29,31,60H,3,9-13,16-21,45H2,1-2H3,(H,46,54)(H,47,58)(H,48,55)(H,49,57)(H,50,56)/t29-,31-,43-/m0/s1. The molecule has 320 valence electrons. The lowest BCUT2D eigenvalue weighted by Crippen LogP contribution is -2.52. The largest absolute Gasteiger partial charge is 0.377 e. The second-order valence-electron chi connectivity index (χ2n) is 15.4. The zero-order valence-corrected chi connectivity index (χ0v) is 33.7. The van der Waals surface area contributed by atoms with E-state index in [0.717, 1.165) is 11.1 Å². The summed E-state index contributed by atoms with van der Waals surface area (Å²) in [5, 5.41) is 25.0. The van der Waals surface area contributed by atoms with Gasteiger partial charge in [0.2, 0.25) is 29.5 Å². The van der Waals surface area contributed by atoms with Crippen LogP contribution in [-0.2, 0) is 64.9 Å². The Morgan fingerprint density at radius 2 is 1.72 bits per heavy atom. The highest BCUT2D eigenvalue weighted by molar-refractivity contribution is 5.95. The van der Waals surface area contributed by atoms with E-state index in [-0.39, 0.29) is 62.4 Å². The molecule has 0 saturated heterocycles. The molecule has 0 fully saturated rings. The van der Waals surface area contributed by atoms with Gasteiger partial charge in [0.1, 0.15) is 30.8 Å². The summed E-state index contributed by atoms with van der Waals surface area (Å²) in [6, 6.07) is 10.2. The van der Waals surface area contributed by atoms with Gasteiger partial charge in [-0.05, 0) is 60.9 Å². The molecule has 0 spiro atoms. The molecule has 5 amide bonds. The number of pyridine rings is 2. The molecule has 2 aliphatic carbocycles. The van der Waals surface area contributed by atoms with E-state index in [1.165, 1.54) is 6.07 Å². The van der Waals surface area contributed by atoms with Gasteiger partial charge in [0.15, 0.2) is 5.78 Å². The van der Waals surface area contributed by atoms with E-state index >= 15 is 4.39 Å². The summed E-state index contributed by atoms with van der Waals surface area (Å²) in [4.78, 5) is 94.7. The number of benzene rings is 2. The van der Waals surface area contributed by atoms with Crippen molar-refractivity contribution in [2.24, 2.45) is 5.73 Å². The number of rotatable bonds is 15. The summed E-state index contributed by atoms with van der Waals surface area (Å²) in [5.41, 5.74) is 8.26. The van der Waals surface area contributed by atoms with E-state index in [1.54, 1.807) is 54.8 Å². The number of aromatic nitrogens is 2. The molecule has 17 nitrogen and oxygen atoms in total. The number of ketones is 1. The number of nitrogens with zero attached hydrogens (tertiary/aromatic N) is 2. The molecular weight excluding hydrogens is 792 g/mol. The first-order valence-electron chi connectivity index (χ1n) is 20.1. The number of fused-ring (bicyclic) bond motifs is 5. The SMILES string of the molecule is CC[C@@]1(O)C(=O)CCc2c1cc1n(c2=O)Cc2c-1nc1cc(F)c(C)c3c1c2[C@@H](NC(=O)COCNC(=O)CNC(=O)[C@H](Cc1ccccc1)NC(=O)CNC(=O)CN)CC3. The molecule has 3 heterocycles. The Kier molecular flexibility index (Phi) is 12.4. The van der Waals surface area contributed by atoms with Crippen molar-refractivity contribution in [3.63, 3.8) is 0 Å². The molecule has 18 heteroatoms. The number of amides is 5. The zero-order chi connectivity index (χ0) is 43.6. The monoisotopic (exact) mass is 838 g/mol. The van der Waals surface area contributed by atoms with Crippen molar-refractivity contribution in [1.29, 1.82) is 0 Å². The highest BCUT2D eigenvalue weighted by Crippen LogP contribution is 2.46. The number of halogens is 1. The normalized spacial score (nSPS) is 17.7. The Balaban J connectivity index is 1.00. The zero-order valence-electron chi connectivity index (χ0n) is 33.7. The summed E-state index contributed by atoms with van der Waals surface area (Å²) in [6.07, 6.45) is 1.29. The Labute approximate surface area is 349 Å². The van der Waals surface area contributed by atoms with Crippen LogP contribution in [-0.4, -0.2) is 89.0 Å². The Morgan fingerprint density at radius 3 is 2.46 bits per heavy atom. The van der Waals surface area contributed by atoms with Crippen LogP contribution in [0.4, 0.5) is 4.39 Å². The third-order valence-corrected chi connectivity index (χ3v) is 11.7. The maximum absolute atomic E-state index is 15.3. The molecule has 4 aromatic rings. The van der Waals surface area contributed by atoms with Gasteiger partial charge in [-0.15, -0.1) is 0 Å². The number of hydrogen-bond acceptors (Lipinski definition) is 11. The van der Waals surface area contributed by atoms with Crippen molar-refractivity contribution < 1.29 is 43.0 Å². The number of aryl methyl sites for hydroxylation is 1. The average Bonchev–Trinajstić information content (AvgIpc) is 3.63. The lowest BCUT2D eigenvalue weighted by Gasteiger charge is -2.32. The van der Waals surface area contributed by atoms with Gasteiger partial charge in [-0.1, -0.05) is 37.3 Å². The maximum Gasteiger partial charge on any atom is 0.254 e. The fourth-order valence-corrected chi connectivity index (χ4v) is 8.50. The predicted octanol–water partition coefficient (Wildman–Crippen LogP) is 0.0980. The van der Waals surface area contributed by atoms with Crippen molar-refractivity contribution in [2.75, 3.05) is 33.0 Å². The first-order chi connectivity index (χ1) is 29.2. The van der Waals surface area contributed by atoms with Gasteiger partial charge in [-0.3, -0.25) is 33.6 Å². The van der Waals surface area contributed by atoms with E-state index in [4.69, 9.17) is 15.5 Å². The minimum atomic E-state index is -1.81. The first-order valence-corrected chi connectivity index (χ1v) is 20.1. The summed E-state index contributed by atoms with van der Waals surface area (Å²) in [7, 11) is 0. The van der Waals surface area contributed by atoms with E-state index in [2.05, 4.69) is 26.6 Å². The third-order valence-electron chi connectivity index (χ3n) is 11.7. The van der Waals surface area contributed by atoms with Gasteiger partial charge in [0.05, 0.1) is 49.1 Å². The number of nitrogens with one attached hydrogen (secondary N) is 5. The number of carbonyl (C=O) groups excluding carboxylic acids is 6. The number of hydrogen-bond donors (Lipinski definition) is 7. The maximum atomic E-state index is 15.3. The molecule has 61 heavy (non-hydrogen) atoms. The van der Waals surface area contributed by atoms with Crippen LogP contribution in [0.15, 0.2) is 47.3 Å². The molecule has 2 aromatic heterocycles. The van der Waals surface area contributed by atoms with E-state index in [0.29, 0.717) is 57.4 Å². The van der Waals surface area contributed by atoms with E-state index < -0.39 is 72.7 Å². The second kappa shape index (κ2) is 17.7. The summed E-state index contributed by atoms with van der Waals surface area (Å²) >= 11 is 0. The second-order valence-corrected chi connectivity index (χ2v) is 15.4. The van der Waals surface area contributed by atoms with Crippen LogP contribution < -0.4 is 37.9 Å². The van der Waals surface area contributed by atoms with Crippen LogP contribution in [0, 0.1) is 12.7 Å². The first kappa shape index (κ1) is 42.7. The van der Waals surface area contributed by atoms with Crippen LogP contribution in [0.25, 0.3) is 22.3 Å². The molecule has 0 radical (unpaired) electrons. The number of ether oxygens (including phenoxy) is 1.